The first-order valence-electron chi connectivity index (χ1n) is 5.96. The van der Waals surface area contributed by atoms with E-state index in [9.17, 15) is 4.39 Å². The molecule has 3 heteroatoms. The molecular formula is C13H19FN2. The third kappa shape index (κ3) is 2.73. The molecule has 0 heterocycles. The number of hydrogen-bond acceptors (Lipinski definition) is 2. The highest BCUT2D eigenvalue weighted by atomic mass is 19.1. The molecule has 0 bridgehead atoms. The van der Waals surface area contributed by atoms with Crippen LogP contribution in [0.3, 0.4) is 0 Å². The SMILES string of the molecule is CCN(Cc1cccc(F)c1N)CC1CC1. The Hall–Kier alpha value is -1.09. The van der Waals surface area contributed by atoms with Gasteiger partial charge < -0.3 is 5.73 Å². The van der Waals surface area contributed by atoms with Crippen molar-refractivity contribution in [3.63, 3.8) is 0 Å². The summed E-state index contributed by atoms with van der Waals surface area (Å²) in [7, 11) is 0. The predicted octanol–water partition coefficient (Wildman–Crippen LogP) is 2.64. The van der Waals surface area contributed by atoms with Gasteiger partial charge in [0.05, 0.1) is 5.69 Å². The molecule has 16 heavy (non-hydrogen) atoms. The highest BCUT2D eigenvalue weighted by molar-refractivity contribution is 5.47. The summed E-state index contributed by atoms with van der Waals surface area (Å²) in [6, 6.07) is 5.05. The topological polar surface area (TPSA) is 29.3 Å². The van der Waals surface area contributed by atoms with Crippen LogP contribution in [0.25, 0.3) is 0 Å². The van der Waals surface area contributed by atoms with Crippen molar-refractivity contribution >= 4 is 5.69 Å². The van der Waals surface area contributed by atoms with E-state index in [0.717, 1.165) is 31.1 Å². The number of nitrogen functional groups attached to an aromatic ring is 1. The zero-order valence-electron chi connectivity index (χ0n) is 9.75. The van der Waals surface area contributed by atoms with Gasteiger partial charge in [0.25, 0.3) is 0 Å². The van der Waals surface area contributed by atoms with E-state index in [1.54, 1.807) is 6.07 Å². The number of nitrogens with zero attached hydrogens (tertiary/aromatic N) is 1. The molecule has 2 nitrogen and oxygen atoms in total. The monoisotopic (exact) mass is 222 g/mol. The number of nitrogens with two attached hydrogens (primary N) is 1. The van der Waals surface area contributed by atoms with Crippen LogP contribution in [0.2, 0.25) is 0 Å². The molecule has 1 aromatic rings. The van der Waals surface area contributed by atoms with Crippen molar-refractivity contribution in [2.75, 3.05) is 18.8 Å². The fraction of sp³-hybridized carbons (Fsp3) is 0.538. The largest absolute Gasteiger partial charge is 0.396 e. The van der Waals surface area contributed by atoms with E-state index < -0.39 is 0 Å². The molecule has 2 N–H and O–H groups in total. The maximum absolute atomic E-state index is 13.3. The number of anilines is 1. The normalized spacial score (nSPS) is 15.7. The van der Waals surface area contributed by atoms with Crippen LogP contribution in [-0.4, -0.2) is 18.0 Å². The highest BCUT2D eigenvalue weighted by Crippen LogP contribution is 2.30. The smallest absolute Gasteiger partial charge is 0.146 e. The van der Waals surface area contributed by atoms with Gasteiger partial charge in [0.15, 0.2) is 0 Å². The number of para-hydroxylation sites is 1. The molecule has 0 aliphatic heterocycles. The van der Waals surface area contributed by atoms with Crippen LogP contribution in [-0.2, 0) is 6.54 Å². The van der Waals surface area contributed by atoms with Crippen LogP contribution in [0, 0.1) is 11.7 Å². The van der Waals surface area contributed by atoms with E-state index in [4.69, 9.17) is 5.73 Å². The summed E-state index contributed by atoms with van der Waals surface area (Å²) in [6.07, 6.45) is 2.68. The second kappa shape index (κ2) is 4.83. The lowest BCUT2D eigenvalue weighted by Crippen LogP contribution is -2.25. The third-order valence-corrected chi connectivity index (χ3v) is 3.20. The summed E-state index contributed by atoms with van der Waals surface area (Å²) in [5.74, 6) is 0.551. The summed E-state index contributed by atoms with van der Waals surface area (Å²) >= 11 is 0. The molecule has 0 radical (unpaired) electrons. The molecule has 0 aromatic heterocycles. The molecule has 1 saturated carbocycles. The van der Waals surface area contributed by atoms with E-state index in [-0.39, 0.29) is 5.82 Å². The Kier molecular flexibility index (Phi) is 3.44. The highest BCUT2D eigenvalue weighted by Gasteiger charge is 2.23. The minimum absolute atomic E-state index is 0.303. The lowest BCUT2D eigenvalue weighted by molar-refractivity contribution is 0.268. The fourth-order valence-corrected chi connectivity index (χ4v) is 1.93. The first kappa shape index (κ1) is 11.4. The van der Waals surface area contributed by atoms with Crippen LogP contribution >= 0.6 is 0 Å². The minimum Gasteiger partial charge on any atom is -0.396 e. The molecule has 0 unspecified atom stereocenters. The molecule has 0 saturated heterocycles. The van der Waals surface area contributed by atoms with Gasteiger partial charge in [-0.2, -0.15) is 0 Å². The Labute approximate surface area is 96.2 Å². The third-order valence-electron chi connectivity index (χ3n) is 3.20. The van der Waals surface area contributed by atoms with E-state index >= 15 is 0 Å². The van der Waals surface area contributed by atoms with Gasteiger partial charge in [-0.1, -0.05) is 19.1 Å². The summed E-state index contributed by atoms with van der Waals surface area (Å²) in [6.45, 7) is 5.01. The van der Waals surface area contributed by atoms with Gasteiger partial charge in [-0.05, 0) is 36.9 Å². The second-order valence-corrected chi connectivity index (χ2v) is 4.58. The predicted molar refractivity (Wildman–Crippen MR) is 64.5 cm³/mol. The lowest BCUT2D eigenvalue weighted by Gasteiger charge is -2.21. The summed E-state index contributed by atoms with van der Waals surface area (Å²) in [4.78, 5) is 2.34. The maximum atomic E-state index is 13.3. The van der Waals surface area contributed by atoms with Gasteiger partial charge >= 0.3 is 0 Å². The van der Waals surface area contributed by atoms with Crippen molar-refractivity contribution in [1.82, 2.24) is 4.90 Å². The average molecular weight is 222 g/mol. The molecule has 0 amide bonds. The van der Waals surface area contributed by atoms with Crippen molar-refractivity contribution in [3.8, 4) is 0 Å². The van der Waals surface area contributed by atoms with Gasteiger partial charge in [0, 0.05) is 13.1 Å². The van der Waals surface area contributed by atoms with E-state index in [1.165, 1.54) is 18.9 Å². The van der Waals surface area contributed by atoms with Crippen molar-refractivity contribution in [2.24, 2.45) is 5.92 Å². The summed E-state index contributed by atoms with van der Waals surface area (Å²) in [5, 5.41) is 0. The summed E-state index contributed by atoms with van der Waals surface area (Å²) < 4.78 is 13.3. The van der Waals surface area contributed by atoms with Gasteiger partial charge in [-0.15, -0.1) is 0 Å². The first-order chi connectivity index (χ1) is 7.70. The number of benzene rings is 1. The van der Waals surface area contributed by atoms with Crippen LogP contribution in [0.15, 0.2) is 18.2 Å². The van der Waals surface area contributed by atoms with E-state index in [1.807, 2.05) is 6.07 Å². The molecule has 88 valence electrons. The lowest BCUT2D eigenvalue weighted by atomic mass is 10.1. The maximum Gasteiger partial charge on any atom is 0.146 e. The zero-order valence-corrected chi connectivity index (χ0v) is 9.75. The Morgan fingerprint density at radius 2 is 2.19 bits per heavy atom. The second-order valence-electron chi connectivity index (χ2n) is 4.58. The Bertz CT molecular complexity index is 361. The average Bonchev–Trinajstić information content (AvgIpc) is 3.07. The first-order valence-corrected chi connectivity index (χ1v) is 5.96. The van der Waals surface area contributed by atoms with E-state index in [2.05, 4.69) is 11.8 Å². The van der Waals surface area contributed by atoms with E-state index in [0.29, 0.717) is 5.69 Å². The number of halogens is 1. The molecule has 2 rings (SSSR count). The van der Waals surface area contributed by atoms with Crippen molar-refractivity contribution < 1.29 is 4.39 Å². The quantitative estimate of drug-likeness (QED) is 0.776. The van der Waals surface area contributed by atoms with Crippen LogP contribution in [0.5, 0.6) is 0 Å². The van der Waals surface area contributed by atoms with Gasteiger partial charge in [0.2, 0.25) is 0 Å². The number of hydrogen-bond donors (Lipinski definition) is 1. The Balaban J connectivity index is 2.02. The molecule has 1 aliphatic rings. The van der Waals surface area contributed by atoms with Gasteiger partial charge in [-0.25, -0.2) is 4.39 Å². The zero-order chi connectivity index (χ0) is 11.5. The van der Waals surface area contributed by atoms with Crippen molar-refractivity contribution in [2.45, 2.75) is 26.3 Å². The number of rotatable bonds is 5. The van der Waals surface area contributed by atoms with Crippen LogP contribution in [0.1, 0.15) is 25.3 Å². The molecular weight excluding hydrogens is 203 g/mol. The van der Waals surface area contributed by atoms with Gasteiger partial charge in [-0.3, -0.25) is 4.90 Å². The van der Waals surface area contributed by atoms with Crippen LogP contribution in [0.4, 0.5) is 10.1 Å². The molecule has 1 fully saturated rings. The molecule has 1 aliphatic carbocycles. The fourth-order valence-electron chi connectivity index (χ4n) is 1.93. The standard InChI is InChI=1S/C13H19FN2/c1-2-16(8-10-6-7-10)9-11-4-3-5-12(14)13(11)15/h3-5,10H,2,6-9,15H2,1H3. The Morgan fingerprint density at radius 1 is 1.44 bits per heavy atom. The Morgan fingerprint density at radius 3 is 2.81 bits per heavy atom. The van der Waals surface area contributed by atoms with Crippen molar-refractivity contribution in [3.05, 3.63) is 29.6 Å². The van der Waals surface area contributed by atoms with Gasteiger partial charge in [0.1, 0.15) is 5.82 Å². The molecule has 0 spiro atoms. The molecule has 1 aromatic carbocycles. The van der Waals surface area contributed by atoms with Crippen LogP contribution < -0.4 is 5.73 Å². The van der Waals surface area contributed by atoms with Crippen molar-refractivity contribution in [1.29, 1.82) is 0 Å². The minimum atomic E-state index is -0.306. The molecule has 0 atom stereocenters. The summed E-state index contributed by atoms with van der Waals surface area (Å²) in [5.41, 5.74) is 6.94.